The highest BCUT2D eigenvalue weighted by Gasteiger charge is 2.71. The third kappa shape index (κ3) is 3.16. The van der Waals surface area contributed by atoms with Crippen molar-refractivity contribution in [1.82, 2.24) is 0 Å². The zero-order valence-corrected chi connectivity index (χ0v) is 21.5. The van der Waals surface area contributed by atoms with Gasteiger partial charge in [0.05, 0.1) is 24.7 Å². The van der Waals surface area contributed by atoms with Crippen molar-refractivity contribution >= 4 is 11.9 Å². The second kappa shape index (κ2) is 7.69. The summed E-state index contributed by atoms with van der Waals surface area (Å²) < 4.78 is 17.3. The summed E-state index contributed by atoms with van der Waals surface area (Å²) in [6.07, 6.45) is 4.77. The molecule has 0 radical (unpaired) electrons. The number of hydrogen-bond acceptors (Lipinski definition) is 7. The molecule has 0 saturated heterocycles. The van der Waals surface area contributed by atoms with Crippen LogP contribution < -0.4 is 0 Å². The van der Waals surface area contributed by atoms with Gasteiger partial charge in [-0.05, 0) is 48.2 Å². The summed E-state index contributed by atoms with van der Waals surface area (Å²) in [4.78, 5) is 25.3. The maximum absolute atomic E-state index is 13.0. The number of furan rings is 1. The minimum atomic E-state index is -0.705. The first-order valence-corrected chi connectivity index (χ1v) is 12.8. The number of carbonyl (C=O) groups is 2. The average molecular weight is 487 g/mol. The summed E-state index contributed by atoms with van der Waals surface area (Å²) in [6.45, 7) is 11.9. The topological polar surface area (TPSA) is 106 Å². The highest BCUT2D eigenvalue weighted by atomic mass is 16.6. The fraction of sp³-hybridized carbons (Fsp3) is 0.714. The standard InChI is InChI=1S/C28H38O7/c1-15(29)34-22-11-18-25(2,3)20(30)13-21(31)27(18,5)17-7-9-26(4)19(28(17,22)6)12-23(32)35-24(26)16-8-10-33-14-16/h8,10,12,14,17-18,20-22,24,30-31H,7,9,11,13H2,1-6H3/t17?,18?,20?,21?,22?,24?,26-,27-,28+/m0/s1. The van der Waals surface area contributed by atoms with E-state index in [1.165, 1.54) is 6.92 Å². The van der Waals surface area contributed by atoms with E-state index in [1.807, 2.05) is 6.07 Å². The fourth-order valence-corrected chi connectivity index (χ4v) is 8.79. The van der Waals surface area contributed by atoms with Crippen LogP contribution in [0, 0.1) is 33.5 Å². The Morgan fingerprint density at radius 3 is 2.43 bits per heavy atom. The molecule has 0 aromatic carbocycles. The monoisotopic (exact) mass is 486 g/mol. The van der Waals surface area contributed by atoms with Gasteiger partial charge in [-0.1, -0.05) is 34.6 Å². The smallest absolute Gasteiger partial charge is 0.331 e. The number of esters is 2. The minimum Gasteiger partial charge on any atom is -0.472 e. The SMILES string of the molecule is CC(=O)OC1CC2C(C)(C)C(O)CC(O)[C@@]2(C)C2CC[C@@]3(C)C(=CC(=O)OC3c3ccoc3)[C@]12C. The van der Waals surface area contributed by atoms with E-state index in [-0.39, 0.29) is 17.8 Å². The summed E-state index contributed by atoms with van der Waals surface area (Å²) in [5.41, 5.74) is -0.467. The van der Waals surface area contributed by atoms with Crippen LogP contribution in [-0.4, -0.2) is 40.5 Å². The zero-order chi connectivity index (χ0) is 25.6. The molecule has 2 heterocycles. The Kier molecular flexibility index (Phi) is 5.40. The van der Waals surface area contributed by atoms with Gasteiger partial charge in [0.25, 0.3) is 0 Å². The molecule has 192 valence electrons. The number of cyclic esters (lactones) is 1. The van der Waals surface area contributed by atoms with Crippen molar-refractivity contribution in [2.45, 2.75) is 91.6 Å². The molecule has 0 bridgehead atoms. The van der Waals surface area contributed by atoms with Gasteiger partial charge in [0.2, 0.25) is 0 Å². The Balaban J connectivity index is 1.70. The van der Waals surface area contributed by atoms with Crippen molar-refractivity contribution in [3.05, 3.63) is 35.8 Å². The Labute approximate surface area is 206 Å². The van der Waals surface area contributed by atoms with Gasteiger partial charge < -0.3 is 24.1 Å². The average Bonchev–Trinajstić information content (AvgIpc) is 3.29. The van der Waals surface area contributed by atoms with Crippen LogP contribution in [0.4, 0.5) is 0 Å². The lowest BCUT2D eigenvalue weighted by atomic mass is 9.36. The molecule has 5 rings (SSSR count). The van der Waals surface area contributed by atoms with Gasteiger partial charge in [0.1, 0.15) is 12.2 Å². The van der Waals surface area contributed by atoms with Crippen LogP contribution in [0.1, 0.15) is 78.9 Å². The van der Waals surface area contributed by atoms with Crippen LogP contribution >= 0.6 is 0 Å². The van der Waals surface area contributed by atoms with Gasteiger partial charge in [-0.3, -0.25) is 4.79 Å². The summed E-state index contributed by atoms with van der Waals surface area (Å²) in [7, 11) is 0. The zero-order valence-electron chi connectivity index (χ0n) is 21.5. The maximum atomic E-state index is 13.0. The van der Waals surface area contributed by atoms with Crippen molar-refractivity contribution in [1.29, 1.82) is 0 Å². The molecule has 0 spiro atoms. The summed E-state index contributed by atoms with van der Waals surface area (Å²) >= 11 is 0. The van der Waals surface area contributed by atoms with Crippen LogP contribution in [-0.2, 0) is 19.1 Å². The summed E-state index contributed by atoms with van der Waals surface area (Å²) in [5.74, 6) is -0.915. The van der Waals surface area contributed by atoms with E-state index in [9.17, 15) is 19.8 Å². The lowest BCUT2D eigenvalue weighted by Gasteiger charge is -2.70. The maximum Gasteiger partial charge on any atom is 0.331 e. The highest BCUT2D eigenvalue weighted by molar-refractivity contribution is 5.85. The molecule has 7 heteroatoms. The molecular formula is C28H38O7. The summed E-state index contributed by atoms with van der Waals surface area (Å²) in [6, 6.07) is 1.83. The van der Waals surface area contributed by atoms with Gasteiger partial charge in [-0.15, -0.1) is 0 Å². The molecule has 7 nitrogen and oxygen atoms in total. The van der Waals surface area contributed by atoms with Gasteiger partial charge in [-0.25, -0.2) is 4.79 Å². The predicted molar refractivity (Wildman–Crippen MR) is 127 cm³/mol. The van der Waals surface area contributed by atoms with Crippen LogP contribution in [0.5, 0.6) is 0 Å². The highest BCUT2D eigenvalue weighted by Crippen LogP contribution is 2.73. The normalized spacial score (nSPS) is 46.4. The largest absolute Gasteiger partial charge is 0.472 e. The lowest BCUT2D eigenvalue weighted by molar-refractivity contribution is -0.257. The van der Waals surface area contributed by atoms with E-state index >= 15 is 0 Å². The van der Waals surface area contributed by atoms with Crippen LogP contribution in [0.15, 0.2) is 34.7 Å². The molecule has 9 atom stereocenters. The number of aliphatic hydroxyl groups excluding tert-OH is 2. The van der Waals surface area contributed by atoms with Gasteiger partial charge >= 0.3 is 11.9 Å². The fourth-order valence-electron chi connectivity index (χ4n) is 8.79. The van der Waals surface area contributed by atoms with E-state index in [0.29, 0.717) is 12.8 Å². The van der Waals surface area contributed by atoms with Gasteiger partial charge in [0.15, 0.2) is 0 Å². The van der Waals surface area contributed by atoms with Gasteiger partial charge in [-0.2, -0.15) is 0 Å². The van der Waals surface area contributed by atoms with Crippen molar-refractivity contribution in [2.75, 3.05) is 0 Å². The Morgan fingerprint density at radius 2 is 1.80 bits per heavy atom. The first kappa shape index (κ1) is 24.6. The van der Waals surface area contributed by atoms with E-state index in [0.717, 1.165) is 24.0 Å². The van der Waals surface area contributed by atoms with Crippen molar-refractivity contribution in [2.24, 2.45) is 33.5 Å². The molecule has 6 unspecified atom stereocenters. The molecule has 1 aromatic rings. The van der Waals surface area contributed by atoms with E-state index in [4.69, 9.17) is 13.9 Å². The third-order valence-corrected chi connectivity index (χ3v) is 10.6. The minimum absolute atomic E-state index is 0.0601. The third-order valence-electron chi connectivity index (χ3n) is 10.6. The molecular weight excluding hydrogens is 448 g/mol. The number of hydrogen-bond donors (Lipinski definition) is 2. The molecule has 3 aliphatic carbocycles. The van der Waals surface area contributed by atoms with E-state index in [1.54, 1.807) is 18.6 Å². The number of aliphatic hydroxyl groups is 2. The molecule has 35 heavy (non-hydrogen) atoms. The molecule has 4 aliphatic rings. The molecule has 3 fully saturated rings. The second-order valence-electron chi connectivity index (χ2n) is 12.6. The number of rotatable bonds is 2. The number of carbonyl (C=O) groups excluding carboxylic acids is 2. The second-order valence-corrected chi connectivity index (χ2v) is 12.6. The molecule has 3 saturated carbocycles. The Hall–Kier alpha value is -2.12. The molecule has 0 amide bonds. The lowest BCUT2D eigenvalue weighted by Crippen LogP contribution is -2.70. The van der Waals surface area contributed by atoms with Crippen LogP contribution in [0.2, 0.25) is 0 Å². The molecule has 1 aliphatic heterocycles. The van der Waals surface area contributed by atoms with Crippen LogP contribution in [0.25, 0.3) is 0 Å². The predicted octanol–water partition coefficient (Wildman–Crippen LogP) is 4.34. The Bertz CT molecular complexity index is 1060. The van der Waals surface area contributed by atoms with E-state index in [2.05, 4.69) is 34.6 Å². The number of fused-ring (bicyclic) bond motifs is 5. The first-order valence-electron chi connectivity index (χ1n) is 12.8. The Morgan fingerprint density at radius 1 is 1.09 bits per heavy atom. The number of ether oxygens (including phenoxy) is 2. The van der Waals surface area contributed by atoms with Crippen molar-refractivity contribution in [3.63, 3.8) is 0 Å². The van der Waals surface area contributed by atoms with E-state index < -0.39 is 52.0 Å². The first-order chi connectivity index (χ1) is 16.3. The molecule has 1 aromatic heterocycles. The van der Waals surface area contributed by atoms with Crippen molar-refractivity contribution in [3.8, 4) is 0 Å². The van der Waals surface area contributed by atoms with Gasteiger partial charge in [0, 0.05) is 41.2 Å². The summed E-state index contributed by atoms with van der Waals surface area (Å²) in [5, 5.41) is 22.5. The quantitative estimate of drug-likeness (QED) is 0.599. The molecule has 2 N–H and O–H groups in total. The van der Waals surface area contributed by atoms with Crippen molar-refractivity contribution < 1.29 is 33.7 Å². The van der Waals surface area contributed by atoms with Crippen LogP contribution in [0.3, 0.4) is 0 Å².